The standard InChI is InChI=1S/C13H16ClNO3S/c1-8-4-2-3-7-13(8,12(17)18)15-11(16)9-5-6-10(14)19-9/h5-6,8H,2-4,7H2,1H3,(H,15,16)(H,17,18). The van der Waals surface area contributed by atoms with Crippen LogP contribution in [0.5, 0.6) is 0 Å². The first-order valence-corrected chi connectivity index (χ1v) is 7.46. The number of halogens is 1. The number of carboxylic acid groups (broad SMARTS) is 1. The molecule has 1 fully saturated rings. The Bertz CT molecular complexity index is 502. The van der Waals surface area contributed by atoms with Gasteiger partial charge >= 0.3 is 5.97 Å². The number of carboxylic acids is 1. The van der Waals surface area contributed by atoms with Gasteiger partial charge < -0.3 is 10.4 Å². The van der Waals surface area contributed by atoms with Crippen molar-refractivity contribution in [2.45, 2.75) is 38.1 Å². The first-order valence-electron chi connectivity index (χ1n) is 6.27. The number of amides is 1. The molecule has 2 atom stereocenters. The summed E-state index contributed by atoms with van der Waals surface area (Å²) >= 11 is 6.95. The van der Waals surface area contributed by atoms with Crippen LogP contribution in [0.3, 0.4) is 0 Å². The molecule has 0 aromatic carbocycles. The van der Waals surface area contributed by atoms with E-state index in [1.807, 2.05) is 6.92 Å². The second kappa shape index (κ2) is 5.51. The van der Waals surface area contributed by atoms with Gasteiger partial charge in [-0.25, -0.2) is 4.79 Å². The summed E-state index contributed by atoms with van der Waals surface area (Å²) in [6.07, 6.45) is 3.13. The fraction of sp³-hybridized carbons (Fsp3) is 0.538. The number of hydrogen-bond donors (Lipinski definition) is 2. The van der Waals surface area contributed by atoms with Crippen LogP contribution < -0.4 is 5.32 Å². The molecule has 0 saturated heterocycles. The molecular weight excluding hydrogens is 286 g/mol. The van der Waals surface area contributed by atoms with Crippen LogP contribution in [0, 0.1) is 5.92 Å². The third-order valence-electron chi connectivity index (χ3n) is 3.81. The summed E-state index contributed by atoms with van der Waals surface area (Å²) in [7, 11) is 0. The molecule has 6 heteroatoms. The molecule has 1 aliphatic rings. The van der Waals surface area contributed by atoms with E-state index in [0.717, 1.165) is 30.6 Å². The van der Waals surface area contributed by atoms with Crippen LogP contribution in [0.4, 0.5) is 0 Å². The first-order chi connectivity index (χ1) is 8.95. The fourth-order valence-electron chi connectivity index (χ4n) is 2.60. The Kier molecular flexibility index (Phi) is 4.16. The van der Waals surface area contributed by atoms with Crippen molar-refractivity contribution < 1.29 is 14.7 Å². The number of rotatable bonds is 3. The van der Waals surface area contributed by atoms with E-state index in [9.17, 15) is 14.7 Å². The maximum Gasteiger partial charge on any atom is 0.329 e. The Hall–Kier alpha value is -1.07. The second-order valence-electron chi connectivity index (χ2n) is 4.98. The van der Waals surface area contributed by atoms with Crippen LogP contribution in [0.2, 0.25) is 4.34 Å². The largest absolute Gasteiger partial charge is 0.479 e. The average molecular weight is 302 g/mol. The van der Waals surface area contributed by atoms with Gasteiger partial charge in [-0.15, -0.1) is 11.3 Å². The molecule has 1 amide bonds. The van der Waals surface area contributed by atoms with Crippen molar-refractivity contribution in [1.82, 2.24) is 5.32 Å². The molecule has 1 aliphatic carbocycles. The van der Waals surface area contributed by atoms with Crippen molar-refractivity contribution in [3.05, 3.63) is 21.3 Å². The van der Waals surface area contributed by atoms with Crippen molar-refractivity contribution in [1.29, 1.82) is 0 Å². The van der Waals surface area contributed by atoms with E-state index in [2.05, 4.69) is 5.32 Å². The fourth-order valence-corrected chi connectivity index (χ4v) is 3.54. The minimum atomic E-state index is -1.15. The normalized spacial score (nSPS) is 26.9. The van der Waals surface area contributed by atoms with Gasteiger partial charge in [-0.05, 0) is 30.9 Å². The van der Waals surface area contributed by atoms with E-state index < -0.39 is 11.5 Å². The Balaban J connectivity index is 2.21. The maximum absolute atomic E-state index is 12.2. The van der Waals surface area contributed by atoms with Gasteiger partial charge in [0.2, 0.25) is 0 Å². The SMILES string of the molecule is CC1CCCCC1(NC(=O)c1ccc(Cl)s1)C(=O)O. The number of aliphatic carboxylic acids is 1. The van der Waals surface area contributed by atoms with E-state index in [4.69, 9.17) is 11.6 Å². The van der Waals surface area contributed by atoms with Crippen LogP contribution in [0.1, 0.15) is 42.3 Å². The quantitative estimate of drug-likeness (QED) is 0.901. The minimum absolute atomic E-state index is 0.0712. The molecule has 19 heavy (non-hydrogen) atoms. The van der Waals surface area contributed by atoms with Crippen molar-refractivity contribution in [3.63, 3.8) is 0 Å². The molecule has 1 aromatic heterocycles. The summed E-state index contributed by atoms with van der Waals surface area (Å²) < 4.78 is 0.520. The molecule has 0 aliphatic heterocycles. The number of thiophene rings is 1. The molecule has 0 bridgehead atoms. The van der Waals surface area contributed by atoms with Gasteiger partial charge in [0.1, 0.15) is 5.54 Å². The van der Waals surface area contributed by atoms with Gasteiger partial charge in [-0.2, -0.15) is 0 Å². The molecule has 2 unspecified atom stereocenters. The van der Waals surface area contributed by atoms with E-state index in [1.165, 1.54) is 0 Å². The highest BCUT2D eigenvalue weighted by molar-refractivity contribution is 7.18. The zero-order valence-corrected chi connectivity index (χ0v) is 12.2. The Morgan fingerprint density at radius 2 is 2.21 bits per heavy atom. The number of nitrogens with one attached hydrogen (secondary N) is 1. The molecule has 2 N–H and O–H groups in total. The summed E-state index contributed by atoms with van der Waals surface area (Å²) in [4.78, 5) is 24.2. The summed E-state index contributed by atoms with van der Waals surface area (Å²) in [6, 6.07) is 3.25. The van der Waals surface area contributed by atoms with Crippen LogP contribution in [0.25, 0.3) is 0 Å². The van der Waals surface area contributed by atoms with Crippen LogP contribution in [-0.4, -0.2) is 22.5 Å². The molecule has 1 aromatic rings. The highest BCUT2D eigenvalue weighted by atomic mass is 35.5. The highest BCUT2D eigenvalue weighted by Crippen LogP contribution is 2.34. The van der Waals surface area contributed by atoms with Gasteiger partial charge in [0, 0.05) is 0 Å². The molecule has 2 rings (SSSR count). The maximum atomic E-state index is 12.2. The van der Waals surface area contributed by atoms with E-state index >= 15 is 0 Å². The third-order valence-corrected chi connectivity index (χ3v) is 5.04. The predicted octanol–water partition coefficient (Wildman–Crippen LogP) is 3.16. The predicted molar refractivity (Wildman–Crippen MR) is 74.8 cm³/mol. The van der Waals surface area contributed by atoms with Gasteiger partial charge in [0.15, 0.2) is 0 Å². The van der Waals surface area contributed by atoms with Crippen molar-refractivity contribution in [2.24, 2.45) is 5.92 Å². The van der Waals surface area contributed by atoms with Crippen LogP contribution >= 0.6 is 22.9 Å². The lowest BCUT2D eigenvalue weighted by Gasteiger charge is -2.39. The topological polar surface area (TPSA) is 66.4 Å². The average Bonchev–Trinajstić information content (AvgIpc) is 2.78. The summed E-state index contributed by atoms with van der Waals surface area (Å²) in [5.74, 6) is -1.37. The molecular formula is C13H16ClNO3S. The number of hydrogen-bond acceptors (Lipinski definition) is 3. The second-order valence-corrected chi connectivity index (χ2v) is 6.70. The van der Waals surface area contributed by atoms with Crippen LogP contribution in [-0.2, 0) is 4.79 Å². The van der Waals surface area contributed by atoms with Gasteiger partial charge in [-0.3, -0.25) is 4.79 Å². The van der Waals surface area contributed by atoms with Crippen molar-refractivity contribution in [2.75, 3.05) is 0 Å². The molecule has 4 nitrogen and oxygen atoms in total. The Morgan fingerprint density at radius 1 is 1.47 bits per heavy atom. The highest BCUT2D eigenvalue weighted by Gasteiger charge is 2.46. The molecule has 0 radical (unpaired) electrons. The Morgan fingerprint density at radius 3 is 2.74 bits per heavy atom. The monoisotopic (exact) mass is 301 g/mol. The lowest BCUT2D eigenvalue weighted by Crippen LogP contribution is -2.59. The number of carbonyl (C=O) groups excluding carboxylic acids is 1. The molecule has 1 saturated carbocycles. The smallest absolute Gasteiger partial charge is 0.329 e. The van der Waals surface area contributed by atoms with E-state index in [0.29, 0.717) is 15.6 Å². The van der Waals surface area contributed by atoms with E-state index in [-0.39, 0.29) is 11.8 Å². The van der Waals surface area contributed by atoms with Crippen molar-refractivity contribution >= 4 is 34.8 Å². The number of carbonyl (C=O) groups is 2. The van der Waals surface area contributed by atoms with Crippen LogP contribution in [0.15, 0.2) is 12.1 Å². The zero-order valence-electron chi connectivity index (χ0n) is 10.6. The van der Waals surface area contributed by atoms with Gasteiger partial charge in [0.25, 0.3) is 5.91 Å². The molecule has 104 valence electrons. The lowest BCUT2D eigenvalue weighted by atomic mass is 9.73. The zero-order chi connectivity index (χ0) is 14.0. The van der Waals surface area contributed by atoms with Gasteiger partial charge in [0.05, 0.1) is 9.21 Å². The third kappa shape index (κ3) is 2.77. The summed E-state index contributed by atoms with van der Waals surface area (Å²) in [5, 5.41) is 12.2. The van der Waals surface area contributed by atoms with E-state index in [1.54, 1.807) is 12.1 Å². The van der Waals surface area contributed by atoms with Crippen molar-refractivity contribution in [3.8, 4) is 0 Å². The lowest BCUT2D eigenvalue weighted by molar-refractivity contribution is -0.148. The minimum Gasteiger partial charge on any atom is -0.479 e. The molecule has 1 heterocycles. The summed E-state index contributed by atoms with van der Waals surface area (Å²) in [6.45, 7) is 1.88. The Labute approximate surface area is 120 Å². The molecule has 0 spiro atoms. The summed E-state index contributed by atoms with van der Waals surface area (Å²) in [5.41, 5.74) is -1.15. The first kappa shape index (κ1) is 14.3. The van der Waals surface area contributed by atoms with Gasteiger partial charge in [-0.1, -0.05) is 31.4 Å².